The third-order valence-electron chi connectivity index (χ3n) is 3.03. The molecule has 68 valence electrons. The van der Waals surface area contributed by atoms with Gasteiger partial charge in [-0.15, -0.1) is 0 Å². The van der Waals surface area contributed by atoms with Crippen LogP contribution in [0.1, 0.15) is 32.6 Å². The Bertz CT molecular complexity index is 165. The highest BCUT2D eigenvalue weighted by atomic mass is 32.1. The van der Waals surface area contributed by atoms with Crippen LogP contribution in [0.3, 0.4) is 0 Å². The summed E-state index contributed by atoms with van der Waals surface area (Å²) >= 11 is 9.80. The first-order valence-corrected chi connectivity index (χ1v) is 5.62. The molecule has 3 unspecified atom stereocenters. The van der Waals surface area contributed by atoms with Gasteiger partial charge in [-0.3, -0.25) is 0 Å². The molecule has 1 aliphatic carbocycles. The maximum Gasteiger partial charge on any atom is -0.00975 e. The highest BCUT2D eigenvalue weighted by molar-refractivity contribution is 7.79. The molecule has 0 aromatic rings. The maximum atomic E-state index is 4.98. The smallest absolute Gasteiger partial charge is 0.00975 e. The minimum absolute atomic E-state index is 0.722. The molecule has 1 fully saturated rings. The Morgan fingerprint density at radius 2 is 2.17 bits per heavy atom. The number of hydrogen-bond donors (Lipinski definition) is 0. The van der Waals surface area contributed by atoms with Crippen molar-refractivity contribution in [1.82, 2.24) is 0 Å². The summed E-state index contributed by atoms with van der Waals surface area (Å²) in [5.41, 5.74) is 0. The molecule has 0 bridgehead atoms. The van der Waals surface area contributed by atoms with Gasteiger partial charge in [-0.05, 0) is 54.2 Å². The predicted octanol–water partition coefficient (Wildman–Crippen LogP) is 3.43. The lowest BCUT2D eigenvalue weighted by molar-refractivity contribution is 0.167. The van der Waals surface area contributed by atoms with E-state index in [1.807, 2.05) is 10.7 Å². The van der Waals surface area contributed by atoms with Crippen LogP contribution >= 0.6 is 24.4 Å². The molecule has 0 aromatic carbocycles. The molecule has 0 amide bonds. The first kappa shape index (κ1) is 10.3. The summed E-state index contributed by atoms with van der Waals surface area (Å²) in [6.07, 6.45) is 5.01. The molecule has 0 spiro atoms. The standard InChI is InChI=1S/C10H16S2/c1-8(3-2-6-11)10-5-4-9(10)7-12/h6-10H,2-5H2,1H3. The second-order valence-electron chi connectivity index (χ2n) is 3.76. The lowest BCUT2D eigenvalue weighted by atomic mass is 9.67. The van der Waals surface area contributed by atoms with Crippen molar-refractivity contribution in [1.29, 1.82) is 0 Å². The minimum atomic E-state index is 0.722. The molecule has 0 heterocycles. The summed E-state index contributed by atoms with van der Waals surface area (Å²) in [4.78, 5) is 0. The van der Waals surface area contributed by atoms with E-state index in [0.29, 0.717) is 0 Å². The zero-order valence-electron chi connectivity index (χ0n) is 7.53. The minimum Gasteiger partial charge on any atom is -0.0935 e. The molecule has 1 saturated carbocycles. The zero-order chi connectivity index (χ0) is 8.97. The molecule has 3 atom stereocenters. The highest BCUT2D eigenvalue weighted by Crippen LogP contribution is 2.40. The van der Waals surface area contributed by atoms with Crippen molar-refractivity contribution in [2.24, 2.45) is 17.8 Å². The van der Waals surface area contributed by atoms with Crippen LogP contribution in [0.2, 0.25) is 0 Å². The van der Waals surface area contributed by atoms with Crippen LogP contribution in [-0.2, 0) is 0 Å². The van der Waals surface area contributed by atoms with E-state index >= 15 is 0 Å². The van der Waals surface area contributed by atoms with Crippen molar-refractivity contribution in [2.75, 3.05) is 0 Å². The van der Waals surface area contributed by atoms with Gasteiger partial charge in [0.15, 0.2) is 0 Å². The first-order chi connectivity index (χ1) is 5.79. The van der Waals surface area contributed by atoms with E-state index < -0.39 is 0 Å². The van der Waals surface area contributed by atoms with Crippen molar-refractivity contribution in [3.05, 3.63) is 0 Å². The molecule has 0 nitrogen and oxygen atoms in total. The largest absolute Gasteiger partial charge is 0.0935 e. The molecular weight excluding hydrogens is 184 g/mol. The van der Waals surface area contributed by atoms with E-state index in [4.69, 9.17) is 24.4 Å². The SMILES string of the molecule is CC(CCC=S)C1CCC1C=S. The van der Waals surface area contributed by atoms with Crippen LogP contribution in [-0.4, -0.2) is 10.7 Å². The highest BCUT2D eigenvalue weighted by Gasteiger charge is 2.32. The second-order valence-corrected chi connectivity index (χ2v) is 4.37. The summed E-state index contributed by atoms with van der Waals surface area (Å²) < 4.78 is 0. The molecule has 0 aromatic heterocycles. The van der Waals surface area contributed by atoms with Crippen molar-refractivity contribution in [3.8, 4) is 0 Å². The third kappa shape index (κ3) is 2.33. The van der Waals surface area contributed by atoms with E-state index in [9.17, 15) is 0 Å². The molecule has 12 heavy (non-hydrogen) atoms. The number of thiocarbonyl (C=S) groups is 2. The Morgan fingerprint density at radius 3 is 2.58 bits per heavy atom. The van der Waals surface area contributed by atoms with E-state index in [2.05, 4.69) is 6.92 Å². The molecule has 2 heteroatoms. The zero-order valence-corrected chi connectivity index (χ0v) is 9.16. The number of hydrogen-bond acceptors (Lipinski definition) is 2. The van der Waals surface area contributed by atoms with Gasteiger partial charge in [-0.2, -0.15) is 0 Å². The van der Waals surface area contributed by atoms with Crippen molar-refractivity contribution in [3.63, 3.8) is 0 Å². The molecular formula is C10H16S2. The van der Waals surface area contributed by atoms with E-state index in [-0.39, 0.29) is 0 Å². The Balaban J connectivity index is 2.26. The van der Waals surface area contributed by atoms with Crippen LogP contribution in [0.5, 0.6) is 0 Å². The quantitative estimate of drug-likeness (QED) is 0.624. The van der Waals surface area contributed by atoms with Crippen LogP contribution in [0.15, 0.2) is 0 Å². The fourth-order valence-corrected chi connectivity index (χ4v) is 2.45. The third-order valence-corrected chi connectivity index (χ3v) is 3.61. The van der Waals surface area contributed by atoms with Crippen molar-refractivity contribution >= 4 is 35.2 Å². The summed E-state index contributed by atoms with van der Waals surface area (Å²) in [6, 6.07) is 0. The average molecular weight is 200 g/mol. The summed E-state index contributed by atoms with van der Waals surface area (Å²) in [5, 5.41) is 3.81. The molecule has 0 N–H and O–H groups in total. The van der Waals surface area contributed by atoms with E-state index in [1.165, 1.54) is 19.3 Å². The van der Waals surface area contributed by atoms with Gasteiger partial charge in [-0.25, -0.2) is 0 Å². The van der Waals surface area contributed by atoms with Gasteiger partial charge in [0.25, 0.3) is 0 Å². The molecule has 0 radical (unpaired) electrons. The summed E-state index contributed by atoms with van der Waals surface area (Å²) in [6.45, 7) is 2.33. The number of rotatable bonds is 5. The Labute approximate surface area is 85.7 Å². The van der Waals surface area contributed by atoms with Crippen LogP contribution < -0.4 is 0 Å². The fraction of sp³-hybridized carbons (Fsp3) is 0.800. The van der Waals surface area contributed by atoms with Gasteiger partial charge in [-0.1, -0.05) is 31.4 Å². The Morgan fingerprint density at radius 1 is 1.42 bits per heavy atom. The van der Waals surface area contributed by atoms with Gasteiger partial charge in [0.1, 0.15) is 0 Å². The normalized spacial score (nSPS) is 30.4. The van der Waals surface area contributed by atoms with Gasteiger partial charge in [0.05, 0.1) is 0 Å². The first-order valence-electron chi connectivity index (χ1n) is 4.68. The Hall–Kier alpha value is 0.180. The molecule has 0 aliphatic heterocycles. The topological polar surface area (TPSA) is 0 Å². The average Bonchev–Trinajstić information content (AvgIpc) is 2.00. The summed E-state index contributed by atoms with van der Waals surface area (Å²) in [5.74, 6) is 2.39. The van der Waals surface area contributed by atoms with Gasteiger partial charge in [0.2, 0.25) is 0 Å². The molecule has 1 rings (SSSR count). The molecule has 0 saturated heterocycles. The second kappa shape index (κ2) is 5.03. The monoisotopic (exact) mass is 200 g/mol. The van der Waals surface area contributed by atoms with E-state index in [1.54, 1.807) is 0 Å². The van der Waals surface area contributed by atoms with Crippen LogP contribution in [0.25, 0.3) is 0 Å². The van der Waals surface area contributed by atoms with E-state index in [0.717, 1.165) is 24.2 Å². The van der Waals surface area contributed by atoms with Crippen LogP contribution in [0.4, 0.5) is 0 Å². The van der Waals surface area contributed by atoms with Crippen LogP contribution in [0, 0.1) is 17.8 Å². The lowest BCUT2D eigenvalue weighted by Gasteiger charge is -2.38. The van der Waals surface area contributed by atoms with Gasteiger partial charge >= 0.3 is 0 Å². The lowest BCUT2D eigenvalue weighted by Crippen LogP contribution is -2.31. The fourth-order valence-electron chi connectivity index (χ4n) is 1.97. The summed E-state index contributed by atoms with van der Waals surface area (Å²) in [7, 11) is 0. The van der Waals surface area contributed by atoms with Gasteiger partial charge in [0, 0.05) is 0 Å². The predicted molar refractivity (Wildman–Crippen MR) is 61.9 cm³/mol. The maximum absolute atomic E-state index is 4.98. The van der Waals surface area contributed by atoms with Crippen molar-refractivity contribution < 1.29 is 0 Å². The van der Waals surface area contributed by atoms with Gasteiger partial charge < -0.3 is 0 Å². The Kier molecular flexibility index (Phi) is 4.30. The van der Waals surface area contributed by atoms with Crippen molar-refractivity contribution in [2.45, 2.75) is 32.6 Å². The molecule has 1 aliphatic rings.